The first-order chi connectivity index (χ1) is 17.0. The quantitative estimate of drug-likeness (QED) is 0.415. The van der Waals surface area contributed by atoms with Crippen molar-refractivity contribution in [2.24, 2.45) is 46.3 Å². The van der Waals surface area contributed by atoms with Crippen LogP contribution in [0.25, 0.3) is 0 Å². The Balaban J connectivity index is 1.29. The molecule has 0 bridgehead atoms. The third-order valence-corrected chi connectivity index (χ3v) is 11.3. The number of fused-ring (bicyclic) bond motifs is 5. The fourth-order valence-corrected chi connectivity index (χ4v) is 9.32. The van der Waals surface area contributed by atoms with E-state index in [1.807, 2.05) is 0 Å². The van der Waals surface area contributed by atoms with Gasteiger partial charge in [-0.05, 0) is 97.7 Å². The summed E-state index contributed by atoms with van der Waals surface area (Å²) in [7, 11) is 0. The van der Waals surface area contributed by atoms with Crippen molar-refractivity contribution in [3.05, 3.63) is 12.1 Å². The zero-order valence-electron chi connectivity index (χ0n) is 21.7. The maximum Gasteiger partial charge on any atom is 0.333 e. The van der Waals surface area contributed by atoms with E-state index in [9.17, 15) is 30.3 Å². The van der Waals surface area contributed by atoms with Gasteiger partial charge in [-0.15, -0.1) is 4.73 Å². The molecule has 1 heterocycles. The summed E-state index contributed by atoms with van der Waals surface area (Å²) in [6, 6.07) is 2.50. The average Bonchev–Trinajstić information content (AvgIpc) is 3.34. The average molecular weight is 506 g/mol. The summed E-state index contributed by atoms with van der Waals surface area (Å²) >= 11 is 0. The lowest BCUT2D eigenvalue weighted by Gasteiger charge is -2.63. The van der Waals surface area contributed by atoms with Crippen molar-refractivity contribution in [2.75, 3.05) is 0 Å². The standard InChI is InChI=1S/C28H43NO7/c1-15(4-9-25(35)36-29-23(33)7-8-24(29)34)18-5-6-19-26-20(14-22(32)28(18,19)3)27(2)11-10-17(30)12-16(27)13-21(26)31/h7-8,15-22,26,30-34H,4-6,9-14H2,1-3H3/t15-,16-,17-,18?,19+,20?,21+,22-,26-,27?,28?/m1/s1. The van der Waals surface area contributed by atoms with Crippen molar-refractivity contribution in [3.63, 3.8) is 0 Å². The van der Waals surface area contributed by atoms with E-state index in [1.54, 1.807) is 0 Å². The Morgan fingerprint density at radius 3 is 2.44 bits per heavy atom. The molecule has 4 aliphatic rings. The Morgan fingerprint density at radius 1 is 1.06 bits per heavy atom. The predicted molar refractivity (Wildman–Crippen MR) is 132 cm³/mol. The smallest absolute Gasteiger partial charge is 0.333 e. The van der Waals surface area contributed by atoms with Gasteiger partial charge in [-0.25, -0.2) is 4.79 Å². The zero-order valence-corrected chi connectivity index (χ0v) is 21.7. The highest BCUT2D eigenvalue weighted by atomic mass is 16.7. The van der Waals surface area contributed by atoms with E-state index >= 15 is 0 Å². The minimum absolute atomic E-state index is 0.0501. The van der Waals surface area contributed by atoms with Crippen molar-refractivity contribution in [3.8, 4) is 11.8 Å². The molecule has 5 rings (SSSR count). The summed E-state index contributed by atoms with van der Waals surface area (Å²) in [6.07, 6.45) is 5.45. The molecule has 1 aromatic rings. The van der Waals surface area contributed by atoms with Crippen LogP contribution < -0.4 is 4.84 Å². The third kappa shape index (κ3) is 3.95. The number of carbonyl (C=O) groups is 1. The Bertz CT molecular complexity index is 960. The molecule has 1 aromatic heterocycles. The number of aromatic nitrogens is 1. The molecular weight excluding hydrogens is 462 g/mol. The second-order valence-electron chi connectivity index (χ2n) is 12.8. The predicted octanol–water partition coefficient (Wildman–Crippen LogP) is 3.23. The van der Waals surface area contributed by atoms with E-state index < -0.39 is 18.2 Å². The van der Waals surface area contributed by atoms with Gasteiger partial charge in [0, 0.05) is 18.6 Å². The first kappa shape index (κ1) is 25.9. The van der Waals surface area contributed by atoms with Gasteiger partial charge in [0.05, 0.1) is 18.3 Å². The van der Waals surface area contributed by atoms with Gasteiger partial charge in [-0.3, -0.25) is 0 Å². The van der Waals surface area contributed by atoms with Gasteiger partial charge >= 0.3 is 5.97 Å². The molecule has 0 saturated heterocycles. The molecule has 4 saturated carbocycles. The van der Waals surface area contributed by atoms with Crippen LogP contribution in [-0.4, -0.2) is 54.5 Å². The van der Waals surface area contributed by atoms with Crippen LogP contribution in [0.1, 0.15) is 78.6 Å². The molecule has 4 fully saturated rings. The molecule has 8 nitrogen and oxygen atoms in total. The van der Waals surface area contributed by atoms with Crippen molar-refractivity contribution in [1.29, 1.82) is 0 Å². The first-order valence-corrected chi connectivity index (χ1v) is 13.8. The molecule has 0 aliphatic heterocycles. The number of hydrogen-bond donors (Lipinski definition) is 5. The lowest BCUT2D eigenvalue weighted by molar-refractivity contribution is -0.207. The van der Waals surface area contributed by atoms with Crippen LogP contribution in [-0.2, 0) is 4.79 Å². The van der Waals surface area contributed by atoms with Crippen LogP contribution in [0.4, 0.5) is 0 Å². The SMILES string of the molecule is C[C@H](CCC(=O)On1c(O)ccc1O)C1CC[C@H]2[C@@H]3C(C[C@@H](O)C12C)C1(C)CC[C@@H](O)C[C@@H]1C[C@@H]3O. The number of nitrogens with zero attached hydrogens (tertiary/aromatic N) is 1. The normalized spacial score (nSPS) is 44.8. The third-order valence-electron chi connectivity index (χ3n) is 11.3. The van der Waals surface area contributed by atoms with Crippen LogP contribution in [0.3, 0.4) is 0 Å². The molecule has 11 atom stereocenters. The van der Waals surface area contributed by atoms with Crippen LogP contribution >= 0.6 is 0 Å². The molecule has 8 heteroatoms. The van der Waals surface area contributed by atoms with Gasteiger partial charge in [0.1, 0.15) is 0 Å². The number of rotatable bonds is 5. The fraction of sp³-hybridized carbons (Fsp3) is 0.821. The highest BCUT2D eigenvalue weighted by Crippen LogP contribution is 2.68. The number of hydrogen-bond acceptors (Lipinski definition) is 7. The molecule has 202 valence electrons. The lowest BCUT2D eigenvalue weighted by atomic mass is 9.43. The van der Waals surface area contributed by atoms with Crippen LogP contribution in [0, 0.1) is 46.3 Å². The molecule has 36 heavy (non-hydrogen) atoms. The van der Waals surface area contributed by atoms with Gasteiger partial charge in [0.25, 0.3) is 0 Å². The van der Waals surface area contributed by atoms with E-state index in [0.29, 0.717) is 23.5 Å². The molecule has 0 spiro atoms. The number of aliphatic hydroxyl groups excluding tert-OH is 3. The van der Waals surface area contributed by atoms with Crippen molar-refractivity contribution >= 4 is 5.97 Å². The zero-order chi connectivity index (χ0) is 26.0. The van der Waals surface area contributed by atoms with Crippen LogP contribution in [0.15, 0.2) is 12.1 Å². The molecule has 4 unspecified atom stereocenters. The molecule has 0 aromatic carbocycles. The van der Waals surface area contributed by atoms with Crippen LogP contribution in [0.5, 0.6) is 11.8 Å². The van der Waals surface area contributed by atoms with E-state index in [2.05, 4.69) is 20.8 Å². The molecular formula is C28H43NO7. The van der Waals surface area contributed by atoms with Gasteiger partial charge in [-0.1, -0.05) is 20.8 Å². The maximum atomic E-state index is 12.4. The molecule has 0 amide bonds. The summed E-state index contributed by atoms with van der Waals surface area (Å²) < 4.78 is 0.716. The summed E-state index contributed by atoms with van der Waals surface area (Å²) in [6.45, 7) is 6.67. The number of aliphatic hydroxyl groups is 3. The molecule has 4 aliphatic carbocycles. The topological polar surface area (TPSA) is 132 Å². The van der Waals surface area contributed by atoms with E-state index in [0.717, 1.165) is 38.5 Å². The first-order valence-electron chi connectivity index (χ1n) is 13.8. The number of aromatic hydroxyl groups is 2. The second-order valence-corrected chi connectivity index (χ2v) is 12.8. The van der Waals surface area contributed by atoms with Crippen molar-refractivity contribution < 1.29 is 35.2 Å². The van der Waals surface area contributed by atoms with Crippen molar-refractivity contribution in [2.45, 2.75) is 96.9 Å². The Kier molecular flexibility index (Phi) is 6.61. The Labute approximate surface area is 213 Å². The summed E-state index contributed by atoms with van der Waals surface area (Å²) in [5, 5.41) is 52.8. The van der Waals surface area contributed by atoms with Gasteiger partial charge < -0.3 is 30.4 Å². The van der Waals surface area contributed by atoms with E-state index in [4.69, 9.17) is 4.84 Å². The highest BCUT2D eigenvalue weighted by molar-refractivity contribution is 5.69. The van der Waals surface area contributed by atoms with E-state index in [-0.39, 0.29) is 64.7 Å². The van der Waals surface area contributed by atoms with Crippen molar-refractivity contribution in [1.82, 2.24) is 4.73 Å². The monoisotopic (exact) mass is 505 g/mol. The molecule has 5 N–H and O–H groups in total. The van der Waals surface area contributed by atoms with Gasteiger partial charge in [0.2, 0.25) is 11.8 Å². The van der Waals surface area contributed by atoms with Gasteiger partial charge in [-0.2, -0.15) is 0 Å². The fourth-order valence-electron chi connectivity index (χ4n) is 9.32. The van der Waals surface area contributed by atoms with Gasteiger partial charge in [0.15, 0.2) is 0 Å². The summed E-state index contributed by atoms with van der Waals surface area (Å²) in [5.74, 6) is 0.145. The summed E-state index contributed by atoms with van der Waals surface area (Å²) in [5.41, 5.74) is -0.270. The minimum atomic E-state index is -0.534. The Morgan fingerprint density at radius 2 is 1.75 bits per heavy atom. The Hall–Kier alpha value is -1.77. The minimum Gasteiger partial charge on any atom is -0.492 e. The summed E-state index contributed by atoms with van der Waals surface area (Å²) in [4.78, 5) is 17.5. The highest BCUT2D eigenvalue weighted by Gasteiger charge is 2.65. The largest absolute Gasteiger partial charge is 0.492 e. The van der Waals surface area contributed by atoms with E-state index in [1.165, 1.54) is 12.1 Å². The maximum absolute atomic E-state index is 12.4. The van der Waals surface area contributed by atoms with Crippen LogP contribution in [0.2, 0.25) is 0 Å². The lowest BCUT2D eigenvalue weighted by Crippen LogP contribution is -2.62. The molecule has 0 radical (unpaired) electrons. The second kappa shape index (κ2) is 9.21. The number of carbonyl (C=O) groups excluding carboxylic acids is 1.